The van der Waals surface area contributed by atoms with Gasteiger partial charge in [-0.05, 0) is 6.92 Å². The Kier molecular flexibility index (Phi) is 3.82. The largest absolute Gasteiger partial charge is 0.481 e. The van der Waals surface area contributed by atoms with Gasteiger partial charge in [0.15, 0.2) is 0 Å². The van der Waals surface area contributed by atoms with Crippen molar-refractivity contribution in [1.82, 2.24) is 0 Å². The molecule has 0 bridgehead atoms. The van der Waals surface area contributed by atoms with Gasteiger partial charge in [-0.1, -0.05) is 19.1 Å². The zero-order chi connectivity index (χ0) is 9.02. The third kappa shape index (κ3) is 2.72. The van der Waals surface area contributed by atoms with Crippen LogP contribution in [0.1, 0.15) is 13.8 Å². The Labute approximate surface area is 66.4 Å². The molecule has 0 aromatic carbocycles. The maximum atomic E-state index is 10.5. The summed E-state index contributed by atoms with van der Waals surface area (Å²) in [6.07, 6.45) is 0. The maximum Gasteiger partial charge on any atom is 0.306 e. The van der Waals surface area contributed by atoms with Gasteiger partial charge in [-0.2, -0.15) is 0 Å². The molecule has 0 rings (SSSR count). The van der Waals surface area contributed by atoms with Gasteiger partial charge in [-0.25, -0.2) is 0 Å². The number of aliphatic carboxylic acids is 1. The second kappa shape index (κ2) is 4.13. The van der Waals surface area contributed by atoms with E-state index < -0.39 is 11.9 Å². The number of carboxylic acid groups (broad SMARTS) is 1. The average Bonchev–Trinajstić information content (AvgIpc) is 1.88. The summed E-state index contributed by atoms with van der Waals surface area (Å²) in [5.41, 5.74) is 0.711. The minimum Gasteiger partial charge on any atom is -0.481 e. The van der Waals surface area contributed by atoms with Crippen LogP contribution in [-0.4, -0.2) is 22.8 Å². The first-order chi connectivity index (χ1) is 5.00. The van der Waals surface area contributed by atoms with E-state index >= 15 is 0 Å². The molecule has 3 heteroatoms. The van der Waals surface area contributed by atoms with Crippen LogP contribution in [0.25, 0.3) is 0 Å². The predicted octanol–water partition coefficient (Wildman–Crippen LogP) is 0.892. The van der Waals surface area contributed by atoms with Crippen molar-refractivity contribution in [3.8, 4) is 0 Å². The van der Waals surface area contributed by atoms with Crippen LogP contribution in [0.5, 0.6) is 0 Å². The summed E-state index contributed by atoms with van der Waals surface area (Å²) < 4.78 is 0. The van der Waals surface area contributed by atoms with Crippen molar-refractivity contribution in [2.75, 3.05) is 6.61 Å². The van der Waals surface area contributed by atoms with Gasteiger partial charge in [0.05, 0.1) is 12.5 Å². The van der Waals surface area contributed by atoms with Crippen LogP contribution in [0.3, 0.4) is 0 Å². The second-order valence-corrected chi connectivity index (χ2v) is 2.76. The van der Waals surface area contributed by atoms with E-state index in [9.17, 15) is 4.79 Å². The highest BCUT2D eigenvalue weighted by Crippen LogP contribution is 2.18. The van der Waals surface area contributed by atoms with E-state index in [-0.39, 0.29) is 12.5 Å². The highest BCUT2D eigenvalue weighted by atomic mass is 16.4. The molecule has 0 aliphatic rings. The van der Waals surface area contributed by atoms with E-state index in [1.54, 1.807) is 13.8 Å². The topological polar surface area (TPSA) is 57.5 Å². The zero-order valence-electron chi connectivity index (χ0n) is 6.87. The van der Waals surface area contributed by atoms with E-state index in [2.05, 4.69) is 6.58 Å². The molecule has 0 amide bonds. The molecule has 2 unspecified atom stereocenters. The molecule has 2 N–H and O–H groups in total. The van der Waals surface area contributed by atoms with Crippen LogP contribution in [0.4, 0.5) is 0 Å². The normalized spacial score (nSPS) is 15.5. The summed E-state index contributed by atoms with van der Waals surface area (Å²) in [7, 11) is 0. The molecular formula is C8H14O3. The van der Waals surface area contributed by atoms with Crippen molar-refractivity contribution in [2.45, 2.75) is 13.8 Å². The fourth-order valence-corrected chi connectivity index (χ4v) is 0.913. The standard InChI is InChI=1S/C8H14O3/c1-5(2)7(4-9)6(3)8(10)11/h6-7,9H,1,4H2,2-3H3,(H,10,11). The van der Waals surface area contributed by atoms with Gasteiger partial charge in [-0.15, -0.1) is 0 Å². The zero-order valence-corrected chi connectivity index (χ0v) is 6.87. The van der Waals surface area contributed by atoms with Gasteiger partial charge in [0, 0.05) is 5.92 Å². The molecule has 64 valence electrons. The highest BCUT2D eigenvalue weighted by Gasteiger charge is 2.22. The second-order valence-electron chi connectivity index (χ2n) is 2.76. The van der Waals surface area contributed by atoms with Gasteiger partial charge < -0.3 is 10.2 Å². The quantitative estimate of drug-likeness (QED) is 0.597. The Morgan fingerprint density at radius 3 is 2.18 bits per heavy atom. The van der Waals surface area contributed by atoms with E-state index in [1.165, 1.54) is 0 Å². The number of hydrogen-bond acceptors (Lipinski definition) is 2. The van der Waals surface area contributed by atoms with Crippen LogP contribution in [-0.2, 0) is 4.79 Å². The summed E-state index contributed by atoms with van der Waals surface area (Å²) in [6.45, 7) is 6.75. The van der Waals surface area contributed by atoms with E-state index in [0.717, 1.165) is 0 Å². The maximum absolute atomic E-state index is 10.5. The lowest BCUT2D eigenvalue weighted by Crippen LogP contribution is -2.24. The molecule has 3 nitrogen and oxygen atoms in total. The SMILES string of the molecule is C=C(C)C(CO)C(C)C(=O)O. The van der Waals surface area contributed by atoms with Crippen LogP contribution < -0.4 is 0 Å². The van der Waals surface area contributed by atoms with E-state index in [4.69, 9.17) is 10.2 Å². The van der Waals surface area contributed by atoms with Crippen molar-refractivity contribution < 1.29 is 15.0 Å². The number of aliphatic hydroxyl groups excluding tert-OH is 1. The van der Waals surface area contributed by atoms with Crippen molar-refractivity contribution in [3.63, 3.8) is 0 Å². The molecule has 0 aliphatic heterocycles. The summed E-state index contributed by atoms with van der Waals surface area (Å²) in [5.74, 6) is -1.78. The molecule has 0 saturated carbocycles. The minimum atomic E-state index is -0.896. The van der Waals surface area contributed by atoms with Crippen molar-refractivity contribution in [2.24, 2.45) is 11.8 Å². The van der Waals surface area contributed by atoms with Crippen molar-refractivity contribution in [1.29, 1.82) is 0 Å². The third-order valence-corrected chi connectivity index (χ3v) is 1.82. The fraction of sp³-hybridized carbons (Fsp3) is 0.625. The summed E-state index contributed by atoms with van der Waals surface area (Å²) in [5, 5.41) is 17.4. The van der Waals surface area contributed by atoms with Crippen molar-refractivity contribution in [3.05, 3.63) is 12.2 Å². The molecule has 0 aromatic heterocycles. The fourth-order valence-electron chi connectivity index (χ4n) is 0.913. The lowest BCUT2D eigenvalue weighted by molar-refractivity contribution is -0.143. The first kappa shape index (κ1) is 10.2. The number of carboxylic acids is 1. The first-order valence-corrected chi connectivity index (χ1v) is 3.49. The average molecular weight is 158 g/mol. The minimum absolute atomic E-state index is 0.150. The van der Waals surface area contributed by atoms with Gasteiger partial charge >= 0.3 is 5.97 Å². The molecule has 0 heterocycles. The molecule has 0 saturated heterocycles. The monoisotopic (exact) mass is 158 g/mol. The Morgan fingerprint density at radius 2 is 2.09 bits per heavy atom. The molecule has 11 heavy (non-hydrogen) atoms. The molecule has 0 aromatic rings. The van der Waals surface area contributed by atoms with Gasteiger partial charge in [0.1, 0.15) is 0 Å². The molecule has 2 atom stereocenters. The number of rotatable bonds is 4. The molecule has 0 spiro atoms. The lowest BCUT2D eigenvalue weighted by Gasteiger charge is -2.17. The lowest BCUT2D eigenvalue weighted by atomic mass is 9.89. The molecule has 0 radical (unpaired) electrons. The molecule has 0 fully saturated rings. The summed E-state index contributed by atoms with van der Waals surface area (Å²) in [4.78, 5) is 10.5. The van der Waals surface area contributed by atoms with Crippen LogP contribution in [0.15, 0.2) is 12.2 Å². The van der Waals surface area contributed by atoms with E-state index in [0.29, 0.717) is 5.57 Å². The first-order valence-electron chi connectivity index (χ1n) is 3.49. The highest BCUT2D eigenvalue weighted by molar-refractivity contribution is 5.70. The third-order valence-electron chi connectivity index (χ3n) is 1.82. The van der Waals surface area contributed by atoms with Gasteiger partial charge in [0.25, 0.3) is 0 Å². The van der Waals surface area contributed by atoms with Crippen LogP contribution >= 0.6 is 0 Å². The Bertz CT molecular complexity index is 163. The number of carbonyl (C=O) groups is 1. The van der Waals surface area contributed by atoms with Crippen LogP contribution in [0.2, 0.25) is 0 Å². The Morgan fingerprint density at radius 1 is 1.64 bits per heavy atom. The Hall–Kier alpha value is -0.830. The number of aliphatic hydroxyl groups is 1. The van der Waals surface area contributed by atoms with E-state index in [1.807, 2.05) is 0 Å². The summed E-state index contributed by atoms with van der Waals surface area (Å²) in [6, 6.07) is 0. The Balaban J connectivity index is 4.25. The molecular weight excluding hydrogens is 144 g/mol. The van der Waals surface area contributed by atoms with Crippen molar-refractivity contribution >= 4 is 5.97 Å². The predicted molar refractivity (Wildman–Crippen MR) is 42.2 cm³/mol. The summed E-state index contributed by atoms with van der Waals surface area (Å²) >= 11 is 0. The van der Waals surface area contributed by atoms with Gasteiger partial charge in [-0.3, -0.25) is 4.79 Å². The van der Waals surface area contributed by atoms with Gasteiger partial charge in [0.2, 0.25) is 0 Å². The van der Waals surface area contributed by atoms with Crippen LogP contribution in [0, 0.1) is 11.8 Å². The number of hydrogen-bond donors (Lipinski definition) is 2. The molecule has 0 aliphatic carbocycles. The smallest absolute Gasteiger partial charge is 0.306 e.